The average molecular weight is 361 g/mol. The van der Waals surface area contributed by atoms with E-state index in [9.17, 15) is 9.59 Å². The van der Waals surface area contributed by atoms with Gasteiger partial charge in [-0.05, 0) is 42.5 Å². The van der Waals surface area contributed by atoms with Crippen LogP contribution in [0.15, 0.2) is 67.0 Å². The molecule has 1 aliphatic rings. The van der Waals surface area contributed by atoms with E-state index in [1.54, 1.807) is 60.8 Å². The van der Waals surface area contributed by atoms with Crippen molar-refractivity contribution in [3.8, 4) is 11.5 Å². The summed E-state index contributed by atoms with van der Waals surface area (Å²) in [5, 5.41) is 5.60. The van der Waals surface area contributed by atoms with Gasteiger partial charge in [0.05, 0.1) is 16.9 Å². The van der Waals surface area contributed by atoms with Crippen LogP contribution in [0.5, 0.6) is 11.5 Å². The Morgan fingerprint density at radius 2 is 1.52 bits per heavy atom. The summed E-state index contributed by atoms with van der Waals surface area (Å²) in [6.07, 6.45) is 3.07. The van der Waals surface area contributed by atoms with Gasteiger partial charge in [0.15, 0.2) is 11.5 Å². The quantitative estimate of drug-likeness (QED) is 0.744. The average Bonchev–Trinajstić information content (AvgIpc) is 3.18. The fourth-order valence-corrected chi connectivity index (χ4v) is 2.62. The zero-order valence-corrected chi connectivity index (χ0v) is 14.1. The van der Waals surface area contributed by atoms with Gasteiger partial charge in [0.25, 0.3) is 11.8 Å². The van der Waals surface area contributed by atoms with E-state index in [0.29, 0.717) is 34.0 Å². The second-order valence-electron chi connectivity index (χ2n) is 5.76. The third kappa shape index (κ3) is 3.57. The number of hydrogen-bond acceptors (Lipinski definition) is 5. The number of nitrogens with one attached hydrogen (secondary N) is 2. The Hall–Kier alpha value is -3.87. The molecule has 2 aromatic carbocycles. The fourth-order valence-electron chi connectivity index (χ4n) is 2.62. The van der Waals surface area contributed by atoms with Crippen LogP contribution >= 0.6 is 0 Å². The Kier molecular flexibility index (Phi) is 4.40. The monoisotopic (exact) mass is 361 g/mol. The minimum atomic E-state index is -0.323. The van der Waals surface area contributed by atoms with Gasteiger partial charge in [-0.3, -0.25) is 14.6 Å². The lowest BCUT2D eigenvalue weighted by atomic mass is 10.1. The Labute approximate surface area is 155 Å². The molecule has 134 valence electrons. The zero-order chi connectivity index (χ0) is 18.6. The summed E-state index contributed by atoms with van der Waals surface area (Å²) in [7, 11) is 0. The van der Waals surface area contributed by atoms with Crippen molar-refractivity contribution in [1.29, 1.82) is 0 Å². The molecule has 0 saturated carbocycles. The number of aromatic nitrogens is 1. The summed E-state index contributed by atoms with van der Waals surface area (Å²) in [6.45, 7) is 0.142. The molecule has 0 fully saturated rings. The van der Waals surface area contributed by atoms with E-state index in [2.05, 4.69) is 15.6 Å². The van der Waals surface area contributed by atoms with E-state index in [1.165, 1.54) is 6.20 Å². The molecule has 1 aromatic heterocycles. The van der Waals surface area contributed by atoms with Crippen LogP contribution in [0.25, 0.3) is 0 Å². The van der Waals surface area contributed by atoms with Crippen molar-refractivity contribution in [2.45, 2.75) is 0 Å². The van der Waals surface area contributed by atoms with Crippen LogP contribution in [-0.4, -0.2) is 23.6 Å². The largest absolute Gasteiger partial charge is 0.454 e. The van der Waals surface area contributed by atoms with Crippen LogP contribution in [-0.2, 0) is 0 Å². The third-order valence-electron chi connectivity index (χ3n) is 3.98. The number of para-hydroxylation sites is 2. The number of hydrogen-bond donors (Lipinski definition) is 2. The Morgan fingerprint density at radius 3 is 2.22 bits per heavy atom. The molecule has 3 aromatic rings. The zero-order valence-electron chi connectivity index (χ0n) is 14.1. The number of carbonyl (C=O) groups is 2. The fraction of sp³-hybridized carbons (Fsp3) is 0.0500. The van der Waals surface area contributed by atoms with E-state index in [-0.39, 0.29) is 18.6 Å². The number of carbonyl (C=O) groups excluding carboxylic acids is 2. The first-order valence-electron chi connectivity index (χ1n) is 8.22. The Balaban J connectivity index is 1.53. The highest BCUT2D eigenvalue weighted by atomic mass is 16.7. The van der Waals surface area contributed by atoms with Crippen molar-refractivity contribution >= 4 is 23.2 Å². The lowest BCUT2D eigenvalue weighted by Gasteiger charge is -2.12. The molecule has 0 bridgehead atoms. The standard InChI is InChI=1S/C20H15N3O4/c24-19(13-7-8-17-18(10-13)27-12-26-17)22-15-5-1-2-6-16(15)23-20(25)14-4-3-9-21-11-14/h1-11H,12H2,(H,22,24)(H,23,25). The molecular formula is C20H15N3O4. The molecule has 2 N–H and O–H groups in total. The van der Waals surface area contributed by atoms with E-state index in [1.807, 2.05) is 0 Å². The van der Waals surface area contributed by atoms with Crippen LogP contribution in [0, 0.1) is 0 Å². The maximum absolute atomic E-state index is 12.6. The Bertz CT molecular complexity index is 1010. The SMILES string of the molecule is O=C(Nc1ccccc1NC(=O)c1ccc2c(c1)OCO2)c1cccnc1. The summed E-state index contributed by atoms with van der Waals surface area (Å²) < 4.78 is 10.5. The van der Waals surface area contributed by atoms with E-state index in [0.717, 1.165) is 0 Å². The minimum absolute atomic E-state index is 0.142. The molecule has 7 nitrogen and oxygen atoms in total. The maximum Gasteiger partial charge on any atom is 0.257 e. The van der Waals surface area contributed by atoms with Crippen LogP contribution < -0.4 is 20.1 Å². The predicted octanol–water partition coefficient (Wildman–Crippen LogP) is 3.31. The first-order valence-corrected chi connectivity index (χ1v) is 8.22. The number of nitrogens with zero attached hydrogens (tertiary/aromatic N) is 1. The molecule has 27 heavy (non-hydrogen) atoms. The van der Waals surface area contributed by atoms with Crippen molar-refractivity contribution < 1.29 is 19.1 Å². The van der Waals surface area contributed by atoms with Crippen molar-refractivity contribution in [3.63, 3.8) is 0 Å². The van der Waals surface area contributed by atoms with Gasteiger partial charge in [-0.1, -0.05) is 12.1 Å². The summed E-state index contributed by atoms with van der Waals surface area (Å²) in [5.74, 6) is 0.501. The molecule has 0 unspecified atom stereocenters. The predicted molar refractivity (Wildman–Crippen MR) is 99.2 cm³/mol. The minimum Gasteiger partial charge on any atom is -0.454 e. The second-order valence-corrected chi connectivity index (χ2v) is 5.76. The van der Waals surface area contributed by atoms with Crippen molar-refractivity contribution in [3.05, 3.63) is 78.1 Å². The summed E-state index contributed by atoms with van der Waals surface area (Å²) >= 11 is 0. The second kappa shape index (κ2) is 7.17. The Morgan fingerprint density at radius 1 is 0.815 bits per heavy atom. The number of rotatable bonds is 4. The highest BCUT2D eigenvalue weighted by molar-refractivity contribution is 6.10. The van der Waals surface area contributed by atoms with Crippen molar-refractivity contribution in [1.82, 2.24) is 4.98 Å². The molecule has 7 heteroatoms. The van der Waals surface area contributed by atoms with Gasteiger partial charge in [-0.15, -0.1) is 0 Å². The van der Waals surface area contributed by atoms with Crippen LogP contribution in [0.2, 0.25) is 0 Å². The van der Waals surface area contributed by atoms with Crippen LogP contribution in [0.1, 0.15) is 20.7 Å². The number of pyridine rings is 1. The highest BCUT2D eigenvalue weighted by Crippen LogP contribution is 2.33. The van der Waals surface area contributed by atoms with Gasteiger partial charge in [0, 0.05) is 18.0 Å². The molecular weight excluding hydrogens is 346 g/mol. The molecule has 4 rings (SSSR count). The third-order valence-corrected chi connectivity index (χ3v) is 3.98. The van der Waals surface area contributed by atoms with Crippen LogP contribution in [0.3, 0.4) is 0 Å². The first-order chi connectivity index (χ1) is 13.2. The molecule has 0 aliphatic carbocycles. The van der Waals surface area contributed by atoms with Gasteiger partial charge in [-0.2, -0.15) is 0 Å². The number of anilines is 2. The number of fused-ring (bicyclic) bond motifs is 1. The number of amides is 2. The molecule has 0 atom stereocenters. The smallest absolute Gasteiger partial charge is 0.257 e. The van der Waals surface area contributed by atoms with E-state index >= 15 is 0 Å². The van der Waals surface area contributed by atoms with Gasteiger partial charge in [-0.25, -0.2) is 0 Å². The normalized spacial score (nSPS) is 11.7. The number of ether oxygens (including phenoxy) is 2. The van der Waals surface area contributed by atoms with Gasteiger partial charge < -0.3 is 20.1 Å². The van der Waals surface area contributed by atoms with E-state index < -0.39 is 0 Å². The first kappa shape index (κ1) is 16.6. The van der Waals surface area contributed by atoms with Crippen molar-refractivity contribution in [2.24, 2.45) is 0 Å². The lowest BCUT2D eigenvalue weighted by molar-refractivity contribution is 0.101. The van der Waals surface area contributed by atoms with Gasteiger partial charge in [0.1, 0.15) is 0 Å². The molecule has 0 radical (unpaired) electrons. The maximum atomic E-state index is 12.6. The molecule has 0 spiro atoms. The summed E-state index contributed by atoms with van der Waals surface area (Å²) in [4.78, 5) is 28.9. The van der Waals surface area contributed by atoms with Crippen molar-refractivity contribution in [2.75, 3.05) is 17.4 Å². The molecule has 1 aliphatic heterocycles. The summed E-state index contributed by atoms with van der Waals surface area (Å²) in [5.41, 5.74) is 1.82. The van der Waals surface area contributed by atoms with Gasteiger partial charge >= 0.3 is 0 Å². The topological polar surface area (TPSA) is 89.6 Å². The lowest BCUT2D eigenvalue weighted by Crippen LogP contribution is -2.16. The van der Waals surface area contributed by atoms with Crippen LogP contribution in [0.4, 0.5) is 11.4 Å². The molecule has 2 heterocycles. The van der Waals surface area contributed by atoms with E-state index in [4.69, 9.17) is 9.47 Å². The molecule has 0 saturated heterocycles. The van der Waals surface area contributed by atoms with Gasteiger partial charge in [0.2, 0.25) is 6.79 Å². The summed E-state index contributed by atoms with van der Waals surface area (Å²) in [6, 6.07) is 15.3. The highest BCUT2D eigenvalue weighted by Gasteiger charge is 2.17. The molecule has 2 amide bonds. The number of benzene rings is 2.